The fourth-order valence-corrected chi connectivity index (χ4v) is 7.48. The number of nitrogens with zero attached hydrogens (tertiary/aromatic N) is 2. The first-order chi connectivity index (χ1) is 13.9. The van der Waals surface area contributed by atoms with Crippen LogP contribution in [0.4, 0.5) is 10.1 Å². The fourth-order valence-electron chi connectivity index (χ4n) is 3.56. The second kappa shape index (κ2) is 7.79. The number of sulfone groups is 1. The Morgan fingerprint density at radius 3 is 2.62 bits per heavy atom. The van der Waals surface area contributed by atoms with Gasteiger partial charge in [0.25, 0.3) is 5.91 Å². The number of thioether (sulfide) groups is 1. The molecular formula is C20H19FN2O4S2. The first-order valence-electron chi connectivity index (χ1n) is 9.01. The standard InChI is InChI=1S/C20H19FN2O4S2/c1-27-14-8-6-13(7-9-14)10-19(24)22-20-23(16-5-3-2-4-15(16)21)17-11-29(25,26)12-18(17)28-20/h2-9,17-18H,10-12H2,1H3/t17-,18-/m0/s1. The molecule has 0 saturated carbocycles. The summed E-state index contributed by atoms with van der Waals surface area (Å²) in [6.45, 7) is 0. The minimum atomic E-state index is -3.20. The van der Waals surface area contributed by atoms with Crippen LogP contribution in [0, 0.1) is 5.82 Å². The summed E-state index contributed by atoms with van der Waals surface area (Å²) in [6.07, 6.45) is 0.0901. The molecular weight excluding hydrogens is 415 g/mol. The fraction of sp³-hybridized carbons (Fsp3) is 0.300. The lowest BCUT2D eigenvalue weighted by Crippen LogP contribution is -2.38. The zero-order valence-corrected chi connectivity index (χ0v) is 17.2. The van der Waals surface area contributed by atoms with Crippen LogP contribution in [0.5, 0.6) is 5.75 Å². The van der Waals surface area contributed by atoms with Crippen LogP contribution in [0.1, 0.15) is 5.56 Å². The highest BCUT2D eigenvalue weighted by atomic mass is 32.2. The maximum Gasteiger partial charge on any atom is 0.252 e. The van der Waals surface area contributed by atoms with Crippen molar-refractivity contribution in [1.82, 2.24) is 0 Å². The Labute approximate surface area is 172 Å². The van der Waals surface area contributed by atoms with E-state index >= 15 is 0 Å². The van der Waals surface area contributed by atoms with E-state index in [9.17, 15) is 17.6 Å². The van der Waals surface area contributed by atoms with Gasteiger partial charge in [0, 0.05) is 5.25 Å². The molecule has 4 rings (SSSR count). The van der Waals surface area contributed by atoms with Crippen LogP contribution < -0.4 is 9.64 Å². The van der Waals surface area contributed by atoms with Gasteiger partial charge in [0.15, 0.2) is 15.0 Å². The topological polar surface area (TPSA) is 76.0 Å². The summed E-state index contributed by atoms with van der Waals surface area (Å²) in [5.74, 6) is -0.238. The van der Waals surface area contributed by atoms with E-state index in [-0.39, 0.29) is 34.8 Å². The van der Waals surface area contributed by atoms with E-state index in [1.54, 1.807) is 54.5 Å². The quantitative estimate of drug-likeness (QED) is 0.737. The van der Waals surface area contributed by atoms with E-state index in [1.165, 1.54) is 17.8 Å². The van der Waals surface area contributed by atoms with Crippen molar-refractivity contribution < 1.29 is 22.3 Å². The van der Waals surface area contributed by atoms with Gasteiger partial charge in [-0.2, -0.15) is 4.99 Å². The monoisotopic (exact) mass is 434 g/mol. The number of para-hydroxylation sites is 1. The molecule has 2 saturated heterocycles. The lowest BCUT2D eigenvalue weighted by atomic mass is 10.1. The van der Waals surface area contributed by atoms with Crippen molar-refractivity contribution in [3.05, 3.63) is 59.9 Å². The number of ether oxygens (including phenoxy) is 1. The molecule has 152 valence electrons. The molecule has 2 heterocycles. The smallest absolute Gasteiger partial charge is 0.252 e. The largest absolute Gasteiger partial charge is 0.497 e. The number of methoxy groups -OCH3 is 1. The van der Waals surface area contributed by atoms with Crippen LogP contribution in [0.25, 0.3) is 0 Å². The molecule has 2 aromatic rings. The summed E-state index contributed by atoms with van der Waals surface area (Å²) < 4.78 is 43.7. The van der Waals surface area contributed by atoms with E-state index in [0.717, 1.165) is 5.56 Å². The van der Waals surface area contributed by atoms with Gasteiger partial charge in [0.2, 0.25) is 0 Å². The highest BCUT2D eigenvalue weighted by molar-refractivity contribution is 8.16. The number of halogens is 1. The SMILES string of the molecule is COc1ccc(CC(=O)N=C2S[C@H]3CS(=O)(=O)C[C@@H]3N2c2ccccc2F)cc1. The van der Waals surface area contributed by atoms with Gasteiger partial charge >= 0.3 is 0 Å². The summed E-state index contributed by atoms with van der Waals surface area (Å²) in [5, 5.41) is 0.0747. The molecule has 2 atom stereocenters. The Bertz CT molecular complexity index is 1070. The molecule has 0 spiro atoms. The number of amides is 1. The van der Waals surface area contributed by atoms with Crippen LogP contribution in [-0.4, -0.2) is 49.4 Å². The summed E-state index contributed by atoms with van der Waals surface area (Å²) >= 11 is 1.23. The molecule has 6 nitrogen and oxygen atoms in total. The van der Waals surface area contributed by atoms with Crippen LogP contribution in [0.2, 0.25) is 0 Å². The number of anilines is 1. The number of aliphatic imine (C=N–C) groups is 1. The highest BCUT2D eigenvalue weighted by Crippen LogP contribution is 2.41. The normalized spacial score (nSPS) is 23.9. The number of carbonyl (C=O) groups is 1. The van der Waals surface area contributed by atoms with E-state index < -0.39 is 21.7 Å². The molecule has 0 radical (unpaired) electrons. The van der Waals surface area contributed by atoms with Crippen molar-refractivity contribution in [2.24, 2.45) is 4.99 Å². The van der Waals surface area contributed by atoms with Gasteiger partial charge in [-0.05, 0) is 29.8 Å². The number of hydrogen-bond acceptors (Lipinski definition) is 5. The van der Waals surface area contributed by atoms with Crippen molar-refractivity contribution in [2.45, 2.75) is 17.7 Å². The second-order valence-corrected chi connectivity index (χ2v) is 10.3. The maximum absolute atomic E-state index is 14.5. The number of hydrogen-bond donors (Lipinski definition) is 0. The molecule has 2 aromatic carbocycles. The lowest BCUT2D eigenvalue weighted by molar-refractivity contribution is -0.117. The molecule has 2 aliphatic rings. The Balaban J connectivity index is 1.62. The summed E-state index contributed by atoms with van der Waals surface area (Å²) in [5.41, 5.74) is 1.02. The molecule has 29 heavy (non-hydrogen) atoms. The number of carbonyl (C=O) groups excluding carboxylic acids is 1. The zero-order chi connectivity index (χ0) is 20.6. The predicted octanol–water partition coefficient (Wildman–Crippen LogP) is 2.68. The summed E-state index contributed by atoms with van der Waals surface area (Å²) in [7, 11) is -1.64. The van der Waals surface area contributed by atoms with E-state index in [2.05, 4.69) is 4.99 Å². The minimum Gasteiger partial charge on any atom is -0.497 e. The van der Waals surface area contributed by atoms with Gasteiger partial charge in [0.05, 0.1) is 36.8 Å². The minimum absolute atomic E-state index is 0.00102. The summed E-state index contributed by atoms with van der Waals surface area (Å²) in [4.78, 5) is 18.3. The van der Waals surface area contributed by atoms with E-state index in [0.29, 0.717) is 10.9 Å². The van der Waals surface area contributed by atoms with Crippen molar-refractivity contribution in [3.63, 3.8) is 0 Å². The molecule has 0 N–H and O–H groups in total. The molecule has 0 bridgehead atoms. The Kier molecular flexibility index (Phi) is 5.35. The van der Waals surface area contributed by atoms with Gasteiger partial charge in [-0.25, -0.2) is 12.8 Å². The lowest BCUT2D eigenvalue weighted by Gasteiger charge is -2.24. The maximum atomic E-state index is 14.5. The van der Waals surface area contributed by atoms with E-state index in [4.69, 9.17) is 4.74 Å². The number of fused-ring (bicyclic) bond motifs is 1. The van der Waals surface area contributed by atoms with Crippen LogP contribution in [0.3, 0.4) is 0 Å². The van der Waals surface area contributed by atoms with Gasteiger partial charge in [-0.1, -0.05) is 36.0 Å². The molecule has 1 amide bonds. The molecule has 0 aliphatic carbocycles. The zero-order valence-electron chi connectivity index (χ0n) is 15.6. The molecule has 2 fully saturated rings. The molecule has 0 unspecified atom stereocenters. The van der Waals surface area contributed by atoms with Crippen molar-refractivity contribution in [3.8, 4) is 5.75 Å². The number of rotatable bonds is 4. The summed E-state index contributed by atoms with van der Waals surface area (Å²) in [6, 6.07) is 12.8. The van der Waals surface area contributed by atoms with Crippen molar-refractivity contribution in [2.75, 3.05) is 23.5 Å². The van der Waals surface area contributed by atoms with Crippen LogP contribution >= 0.6 is 11.8 Å². The molecule has 0 aromatic heterocycles. The van der Waals surface area contributed by atoms with Gasteiger partial charge < -0.3 is 9.64 Å². The van der Waals surface area contributed by atoms with Crippen molar-refractivity contribution >= 4 is 38.4 Å². The second-order valence-electron chi connectivity index (χ2n) is 6.93. The van der Waals surface area contributed by atoms with Gasteiger partial charge in [-0.15, -0.1) is 0 Å². The van der Waals surface area contributed by atoms with Gasteiger partial charge in [0.1, 0.15) is 11.6 Å². The third-order valence-electron chi connectivity index (χ3n) is 4.91. The van der Waals surface area contributed by atoms with Crippen LogP contribution in [0.15, 0.2) is 53.5 Å². The third-order valence-corrected chi connectivity index (χ3v) is 8.12. The first kappa shape index (κ1) is 19.9. The Hall–Kier alpha value is -2.39. The highest BCUT2D eigenvalue weighted by Gasteiger charge is 2.49. The average Bonchev–Trinajstić information content (AvgIpc) is 3.13. The molecule has 9 heteroatoms. The number of benzene rings is 2. The Morgan fingerprint density at radius 2 is 1.93 bits per heavy atom. The average molecular weight is 435 g/mol. The Morgan fingerprint density at radius 1 is 1.21 bits per heavy atom. The third kappa shape index (κ3) is 4.16. The van der Waals surface area contributed by atoms with Crippen LogP contribution in [-0.2, 0) is 21.1 Å². The van der Waals surface area contributed by atoms with Crippen molar-refractivity contribution in [1.29, 1.82) is 0 Å². The van der Waals surface area contributed by atoms with E-state index in [1.807, 2.05) is 0 Å². The molecule has 2 aliphatic heterocycles. The predicted molar refractivity (Wildman–Crippen MR) is 112 cm³/mol. The van der Waals surface area contributed by atoms with Gasteiger partial charge in [-0.3, -0.25) is 4.79 Å². The number of amidine groups is 1. The first-order valence-corrected chi connectivity index (χ1v) is 11.7.